The third-order valence-corrected chi connectivity index (χ3v) is 4.43. The fourth-order valence-electron chi connectivity index (χ4n) is 3.15. The van der Waals surface area contributed by atoms with Gasteiger partial charge in [-0.05, 0) is 81.5 Å². The molecule has 0 aromatic heterocycles. The van der Waals surface area contributed by atoms with Gasteiger partial charge < -0.3 is 10.1 Å². The minimum Gasteiger partial charge on any atom is -0.491 e. The van der Waals surface area contributed by atoms with Gasteiger partial charge in [-0.1, -0.05) is 12.1 Å². The van der Waals surface area contributed by atoms with Crippen LogP contribution in [0.1, 0.15) is 45.1 Å². The van der Waals surface area contributed by atoms with E-state index in [9.17, 15) is 0 Å². The Balaban J connectivity index is 1.47. The van der Waals surface area contributed by atoms with Crippen LogP contribution in [-0.2, 0) is 6.54 Å². The lowest BCUT2D eigenvalue weighted by molar-refractivity contribution is 0.242. The molecule has 0 bridgehead atoms. The summed E-state index contributed by atoms with van der Waals surface area (Å²) in [6, 6.07) is 8.48. The Morgan fingerprint density at radius 1 is 1.15 bits per heavy atom. The van der Waals surface area contributed by atoms with Crippen LogP contribution in [0.25, 0.3) is 0 Å². The van der Waals surface area contributed by atoms with Crippen molar-refractivity contribution >= 4 is 0 Å². The molecule has 2 aliphatic carbocycles. The summed E-state index contributed by atoms with van der Waals surface area (Å²) in [5.74, 6) is 4.00. The van der Waals surface area contributed by atoms with Gasteiger partial charge >= 0.3 is 0 Å². The van der Waals surface area contributed by atoms with E-state index < -0.39 is 0 Å². The van der Waals surface area contributed by atoms with Crippen molar-refractivity contribution in [3.63, 3.8) is 0 Å². The van der Waals surface area contributed by atoms with E-state index in [0.717, 1.165) is 30.0 Å². The molecule has 2 fully saturated rings. The van der Waals surface area contributed by atoms with E-state index in [0.29, 0.717) is 0 Å². The van der Waals surface area contributed by atoms with Gasteiger partial charge in [0, 0.05) is 6.54 Å². The van der Waals surface area contributed by atoms with Gasteiger partial charge in [0.2, 0.25) is 0 Å². The molecule has 0 unspecified atom stereocenters. The Bertz CT molecular complexity index is 423. The quantitative estimate of drug-likeness (QED) is 0.773. The molecule has 20 heavy (non-hydrogen) atoms. The highest BCUT2D eigenvalue weighted by atomic mass is 16.5. The van der Waals surface area contributed by atoms with Crippen molar-refractivity contribution in [1.82, 2.24) is 5.32 Å². The van der Waals surface area contributed by atoms with Gasteiger partial charge in [0.25, 0.3) is 0 Å². The van der Waals surface area contributed by atoms with Crippen LogP contribution in [0, 0.1) is 17.8 Å². The van der Waals surface area contributed by atoms with Crippen molar-refractivity contribution in [3.8, 4) is 5.75 Å². The molecule has 0 aliphatic heterocycles. The first-order valence-electron chi connectivity index (χ1n) is 8.18. The zero-order valence-electron chi connectivity index (χ0n) is 12.8. The van der Waals surface area contributed by atoms with Crippen LogP contribution in [-0.4, -0.2) is 12.6 Å². The summed E-state index contributed by atoms with van der Waals surface area (Å²) in [6.45, 7) is 6.30. The second-order valence-electron chi connectivity index (χ2n) is 6.78. The van der Waals surface area contributed by atoms with Crippen LogP contribution >= 0.6 is 0 Å². The third-order valence-electron chi connectivity index (χ3n) is 4.43. The van der Waals surface area contributed by atoms with Crippen molar-refractivity contribution < 1.29 is 4.74 Å². The van der Waals surface area contributed by atoms with Crippen molar-refractivity contribution in [3.05, 3.63) is 29.8 Å². The number of benzene rings is 1. The summed E-state index contributed by atoms with van der Waals surface area (Å²) in [5.41, 5.74) is 1.33. The molecule has 110 valence electrons. The predicted molar refractivity (Wildman–Crippen MR) is 82.9 cm³/mol. The predicted octanol–water partition coefficient (Wildman–Crippen LogP) is 4.00. The van der Waals surface area contributed by atoms with E-state index in [-0.39, 0.29) is 6.10 Å². The second kappa shape index (κ2) is 6.17. The molecular formula is C18H27NO. The van der Waals surface area contributed by atoms with Crippen molar-refractivity contribution in [2.45, 2.75) is 52.2 Å². The van der Waals surface area contributed by atoms with Crippen LogP contribution in [0.2, 0.25) is 0 Å². The smallest absolute Gasteiger partial charge is 0.120 e. The van der Waals surface area contributed by atoms with Crippen molar-refractivity contribution in [2.75, 3.05) is 6.54 Å². The molecule has 3 rings (SSSR count). The average molecular weight is 273 g/mol. The number of rotatable bonds is 8. The number of ether oxygens (including phenoxy) is 1. The van der Waals surface area contributed by atoms with Crippen molar-refractivity contribution in [1.29, 1.82) is 0 Å². The van der Waals surface area contributed by atoms with Crippen LogP contribution in [0.5, 0.6) is 5.75 Å². The molecule has 0 spiro atoms. The lowest BCUT2D eigenvalue weighted by Crippen LogP contribution is -2.25. The zero-order valence-corrected chi connectivity index (χ0v) is 12.8. The Morgan fingerprint density at radius 3 is 2.45 bits per heavy atom. The topological polar surface area (TPSA) is 21.3 Å². The molecule has 0 radical (unpaired) electrons. The third kappa shape index (κ3) is 3.99. The monoisotopic (exact) mass is 273 g/mol. The SMILES string of the molecule is CC(C)Oc1cccc(CNCC(C2CC2)C2CC2)c1. The van der Waals surface area contributed by atoms with Gasteiger partial charge in [-0.2, -0.15) is 0 Å². The van der Waals surface area contributed by atoms with Gasteiger partial charge in [-0.15, -0.1) is 0 Å². The van der Waals surface area contributed by atoms with Gasteiger partial charge in [-0.25, -0.2) is 0 Å². The summed E-state index contributed by atoms with van der Waals surface area (Å²) >= 11 is 0. The molecule has 1 aromatic carbocycles. The first kappa shape index (κ1) is 13.9. The highest BCUT2D eigenvalue weighted by molar-refractivity contribution is 5.28. The fraction of sp³-hybridized carbons (Fsp3) is 0.667. The molecule has 0 saturated heterocycles. The molecular weight excluding hydrogens is 246 g/mol. The van der Waals surface area contributed by atoms with E-state index in [1.807, 2.05) is 6.07 Å². The number of nitrogens with one attached hydrogen (secondary N) is 1. The van der Waals surface area contributed by atoms with Gasteiger partial charge in [0.15, 0.2) is 0 Å². The van der Waals surface area contributed by atoms with Crippen LogP contribution in [0.15, 0.2) is 24.3 Å². The molecule has 1 N–H and O–H groups in total. The lowest BCUT2D eigenvalue weighted by Gasteiger charge is -2.16. The van der Waals surface area contributed by atoms with E-state index in [1.54, 1.807) is 0 Å². The Labute approximate surface area is 122 Å². The Hall–Kier alpha value is -1.02. The van der Waals surface area contributed by atoms with E-state index in [4.69, 9.17) is 4.74 Å². The maximum Gasteiger partial charge on any atom is 0.120 e. The van der Waals surface area contributed by atoms with Crippen LogP contribution in [0.3, 0.4) is 0 Å². The maximum absolute atomic E-state index is 5.75. The summed E-state index contributed by atoms with van der Waals surface area (Å²) in [7, 11) is 0. The number of hydrogen-bond acceptors (Lipinski definition) is 2. The van der Waals surface area contributed by atoms with E-state index in [2.05, 4.69) is 37.4 Å². The van der Waals surface area contributed by atoms with Crippen LogP contribution < -0.4 is 10.1 Å². The fourth-order valence-corrected chi connectivity index (χ4v) is 3.15. The Morgan fingerprint density at radius 2 is 1.85 bits per heavy atom. The van der Waals surface area contributed by atoms with Gasteiger partial charge in [0.05, 0.1) is 6.10 Å². The number of hydrogen-bond donors (Lipinski definition) is 1. The van der Waals surface area contributed by atoms with E-state index in [1.165, 1.54) is 37.8 Å². The normalized spacial score (nSPS) is 18.8. The highest BCUT2D eigenvalue weighted by Gasteiger charge is 2.40. The second-order valence-corrected chi connectivity index (χ2v) is 6.78. The maximum atomic E-state index is 5.75. The lowest BCUT2D eigenvalue weighted by atomic mass is 9.98. The minimum atomic E-state index is 0.243. The summed E-state index contributed by atoms with van der Waals surface area (Å²) in [4.78, 5) is 0. The molecule has 1 aromatic rings. The largest absolute Gasteiger partial charge is 0.491 e. The zero-order chi connectivity index (χ0) is 13.9. The van der Waals surface area contributed by atoms with Gasteiger partial charge in [-0.3, -0.25) is 0 Å². The average Bonchev–Trinajstić information content (AvgIpc) is 3.27. The molecule has 2 heteroatoms. The first-order valence-corrected chi connectivity index (χ1v) is 8.18. The molecule has 0 amide bonds. The molecule has 2 saturated carbocycles. The molecule has 2 nitrogen and oxygen atoms in total. The molecule has 0 heterocycles. The Kier molecular flexibility index (Phi) is 4.30. The van der Waals surface area contributed by atoms with Crippen LogP contribution in [0.4, 0.5) is 0 Å². The summed E-state index contributed by atoms with van der Waals surface area (Å²) in [6.07, 6.45) is 6.13. The van der Waals surface area contributed by atoms with E-state index >= 15 is 0 Å². The summed E-state index contributed by atoms with van der Waals surface area (Å²) in [5, 5.41) is 3.67. The minimum absolute atomic E-state index is 0.243. The molecule has 0 atom stereocenters. The highest BCUT2D eigenvalue weighted by Crippen LogP contribution is 2.48. The van der Waals surface area contributed by atoms with Gasteiger partial charge in [0.1, 0.15) is 5.75 Å². The first-order chi connectivity index (χ1) is 9.72. The standard InChI is InChI=1S/C18H27NO/c1-13(2)20-17-5-3-4-14(10-17)11-19-12-18(15-6-7-15)16-8-9-16/h3-5,10,13,15-16,18-19H,6-9,11-12H2,1-2H3. The van der Waals surface area contributed by atoms with Crippen molar-refractivity contribution in [2.24, 2.45) is 17.8 Å². The molecule has 2 aliphatic rings. The summed E-state index contributed by atoms with van der Waals surface area (Å²) < 4.78 is 5.75.